The lowest BCUT2D eigenvalue weighted by molar-refractivity contribution is 0.304. The Labute approximate surface area is 110 Å². The second-order valence-corrected chi connectivity index (χ2v) is 4.22. The van der Waals surface area contributed by atoms with E-state index in [9.17, 15) is 0 Å². The summed E-state index contributed by atoms with van der Waals surface area (Å²) in [6, 6.07) is 7.70. The second-order valence-electron chi connectivity index (χ2n) is 4.22. The first-order valence-corrected chi connectivity index (χ1v) is 6.70. The summed E-state index contributed by atoms with van der Waals surface area (Å²) in [7, 11) is 0. The molecule has 0 aliphatic heterocycles. The van der Waals surface area contributed by atoms with Gasteiger partial charge in [0.15, 0.2) is 0 Å². The van der Waals surface area contributed by atoms with Crippen LogP contribution in [0.2, 0.25) is 0 Å². The van der Waals surface area contributed by atoms with E-state index in [0.29, 0.717) is 0 Å². The number of benzene rings is 1. The minimum atomic E-state index is -0.120. The van der Waals surface area contributed by atoms with E-state index in [4.69, 9.17) is 9.84 Å². The van der Waals surface area contributed by atoms with Crippen molar-refractivity contribution in [2.24, 2.45) is 0 Å². The van der Waals surface area contributed by atoms with E-state index in [1.54, 1.807) is 0 Å². The average Bonchev–Trinajstić information content (AvgIpc) is 2.41. The van der Waals surface area contributed by atoms with Crippen molar-refractivity contribution >= 4 is 0 Å². The van der Waals surface area contributed by atoms with Crippen molar-refractivity contribution < 1.29 is 9.84 Å². The highest BCUT2D eigenvalue weighted by molar-refractivity contribution is 5.45. The molecule has 0 aliphatic rings. The number of aliphatic hydroxyl groups excluding tert-OH is 1. The van der Waals surface area contributed by atoms with Crippen molar-refractivity contribution in [2.75, 3.05) is 13.2 Å². The Bertz CT molecular complexity index is 388. The van der Waals surface area contributed by atoms with Crippen molar-refractivity contribution in [1.82, 2.24) is 0 Å². The number of hydrogen-bond acceptors (Lipinski definition) is 2. The smallest absolute Gasteiger partial charge is 0.134 e. The molecule has 98 valence electrons. The molecule has 0 saturated carbocycles. The molecule has 0 aromatic heterocycles. The molecule has 2 heteroatoms. The fourth-order valence-electron chi connectivity index (χ4n) is 1.72. The van der Waals surface area contributed by atoms with Crippen LogP contribution in [0.15, 0.2) is 24.3 Å². The first-order valence-electron chi connectivity index (χ1n) is 6.70. The van der Waals surface area contributed by atoms with Crippen LogP contribution in [0.1, 0.15) is 44.6 Å². The van der Waals surface area contributed by atoms with E-state index in [1.165, 1.54) is 25.7 Å². The normalized spacial score (nSPS) is 9.67. The average molecular weight is 246 g/mol. The van der Waals surface area contributed by atoms with Crippen molar-refractivity contribution in [3.05, 3.63) is 29.8 Å². The molecule has 0 radical (unpaired) electrons. The molecular weight excluding hydrogens is 224 g/mol. The summed E-state index contributed by atoms with van der Waals surface area (Å²) in [4.78, 5) is 0. The van der Waals surface area contributed by atoms with Gasteiger partial charge in [0.2, 0.25) is 0 Å². The minimum Gasteiger partial charge on any atom is -0.492 e. The molecule has 0 fully saturated rings. The monoisotopic (exact) mass is 246 g/mol. The molecule has 0 aliphatic carbocycles. The van der Waals surface area contributed by atoms with Crippen molar-refractivity contribution in [3.63, 3.8) is 0 Å². The molecule has 0 amide bonds. The fourth-order valence-corrected chi connectivity index (χ4v) is 1.72. The fraction of sp³-hybridized carbons (Fsp3) is 0.500. The first kappa shape index (κ1) is 14.6. The van der Waals surface area contributed by atoms with Gasteiger partial charge >= 0.3 is 0 Å². The van der Waals surface area contributed by atoms with Gasteiger partial charge in [-0.1, -0.05) is 56.6 Å². The van der Waals surface area contributed by atoms with E-state index in [0.717, 1.165) is 24.3 Å². The van der Waals surface area contributed by atoms with Crippen LogP contribution in [-0.2, 0) is 0 Å². The van der Waals surface area contributed by atoms with Crippen LogP contribution in [0.25, 0.3) is 0 Å². The van der Waals surface area contributed by atoms with Gasteiger partial charge in [-0.05, 0) is 18.6 Å². The zero-order valence-corrected chi connectivity index (χ0v) is 11.1. The summed E-state index contributed by atoms with van der Waals surface area (Å²) in [6.07, 6.45) is 6.16. The van der Waals surface area contributed by atoms with Gasteiger partial charge in [0.25, 0.3) is 0 Å². The molecular formula is C16H22O2. The zero-order valence-electron chi connectivity index (χ0n) is 11.1. The Hall–Kier alpha value is -1.46. The van der Waals surface area contributed by atoms with Gasteiger partial charge in [-0.25, -0.2) is 0 Å². The van der Waals surface area contributed by atoms with E-state index in [2.05, 4.69) is 18.8 Å². The van der Waals surface area contributed by atoms with E-state index >= 15 is 0 Å². The third-order valence-electron chi connectivity index (χ3n) is 2.69. The van der Waals surface area contributed by atoms with Gasteiger partial charge in [0, 0.05) is 0 Å². The summed E-state index contributed by atoms with van der Waals surface area (Å²) >= 11 is 0. The standard InChI is InChI=1S/C16H22O2/c1-2-3-4-5-8-14-18-16-12-7-6-10-15(16)11-9-13-17/h6-7,10,12,17H,2-5,8,13-14H2,1H3. The van der Waals surface area contributed by atoms with Gasteiger partial charge in [0.05, 0.1) is 12.2 Å². The quantitative estimate of drug-likeness (QED) is 0.590. The molecule has 2 nitrogen and oxygen atoms in total. The Morgan fingerprint density at radius 1 is 1.11 bits per heavy atom. The maximum Gasteiger partial charge on any atom is 0.134 e. The molecule has 0 bridgehead atoms. The molecule has 1 aromatic rings. The maximum atomic E-state index is 8.70. The third-order valence-corrected chi connectivity index (χ3v) is 2.69. The lowest BCUT2D eigenvalue weighted by atomic mass is 10.1. The summed E-state index contributed by atoms with van der Waals surface area (Å²) in [5, 5.41) is 8.70. The molecule has 1 rings (SSSR count). The van der Waals surface area contributed by atoms with Crippen molar-refractivity contribution in [1.29, 1.82) is 0 Å². The summed E-state index contributed by atoms with van der Waals surface area (Å²) in [6.45, 7) is 2.83. The van der Waals surface area contributed by atoms with Crippen LogP contribution in [0.3, 0.4) is 0 Å². The maximum absolute atomic E-state index is 8.70. The second kappa shape index (κ2) is 9.56. The Morgan fingerprint density at radius 2 is 1.89 bits per heavy atom. The first-order chi connectivity index (χ1) is 8.88. The zero-order chi connectivity index (χ0) is 13.1. The topological polar surface area (TPSA) is 29.5 Å². The van der Waals surface area contributed by atoms with Crippen molar-refractivity contribution in [2.45, 2.75) is 39.0 Å². The molecule has 0 heterocycles. The number of ether oxygens (including phenoxy) is 1. The highest BCUT2D eigenvalue weighted by Crippen LogP contribution is 2.17. The predicted molar refractivity (Wildman–Crippen MR) is 74.7 cm³/mol. The summed E-state index contributed by atoms with van der Waals surface area (Å²) in [5.41, 5.74) is 0.847. The third kappa shape index (κ3) is 5.75. The minimum absolute atomic E-state index is 0.120. The number of unbranched alkanes of at least 4 members (excludes halogenated alkanes) is 4. The molecule has 0 atom stereocenters. The highest BCUT2D eigenvalue weighted by atomic mass is 16.5. The van der Waals surface area contributed by atoms with Crippen LogP contribution in [-0.4, -0.2) is 18.3 Å². The van der Waals surface area contributed by atoms with Gasteiger partial charge in [-0.3, -0.25) is 0 Å². The highest BCUT2D eigenvalue weighted by Gasteiger charge is 1.99. The van der Waals surface area contributed by atoms with Crippen LogP contribution in [0.5, 0.6) is 5.75 Å². The molecule has 18 heavy (non-hydrogen) atoms. The molecule has 0 saturated heterocycles. The van der Waals surface area contributed by atoms with E-state index in [1.807, 2.05) is 24.3 Å². The van der Waals surface area contributed by atoms with Gasteiger partial charge in [-0.15, -0.1) is 0 Å². The van der Waals surface area contributed by atoms with E-state index < -0.39 is 0 Å². The van der Waals surface area contributed by atoms with Crippen LogP contribution >= 0.6 is 0 Å². The van der Waals surface area contributed by atoms with Crippen LogP contribution in [0, 0.1) is 11.8 Å². The largest absolute Gasteiger partial charge is 0.492 e. The number of aliphatic hydroxyl groups is 1. The number of hydrogen-bond donors (Lipinski definition) is 1. The van der Waals surface area contributed by atoms with E-state index in [-0.39, 0.29) is 6.61 Å². The van der Waals surface area contributed by atoms with Gasteiger partial charge in [-0.2, -0.15) is 0 Å². The lowest BCUT2D eigenvalue weighted by Gasteiger charge is -2.07. The van der Waals surface area contributed by atoms with Crippen molar-refractivity contribution in [3.8, 4) is 17.6 Å². The Morgan fingerprint density at radius 3 is 2.67 bits per heavy atom. The molecule has 1 N–H and O–H groups in total. The van der Waals surface area contributed by atoms with Crippen LogP contribution in [0.4, 0.5) is 0 Å². The molecule has 0 spiro atoms. The lowest BCUT2D eigenvalue weighted by Crippen LogP contribution is -1.99. The summed E-state index contributed by atoms with van der Waals surface area (Å²) < 4.78 is 5.73. The molecule has 1 aromatic carbocycles. The Balaban J connectivity index is 2.37. The molecule has 0 unspecified atom stereocenters. The van der Waals surface area contributed by atoms with Crippen LogP contribution < -0.4 is 4.74 Å². The summed E-state index contributed by atoms with van der Waals surface area (Å²) in [5.74, 6) is 6.36. The predicted octanol–water partition coefficient (Wildman–Crippen LogP) is 3.38. The SMILES string of the molecule is CCCCCCCOc1ccccc1C#CCO. The Kier molecular flexibility index (Phi) is 7.75. The van der Waals surface area contributed by atoms with Gasteiger partial charge in [0.1, 0.15) is 12.4 Å². The van der Waals surface area contributed by atoms with Gasteiger partial charge < -0.3 is 9.84 Å². The number of rotatable bonds is 7. The number of para-hydroxylation sites is 1.